The molecule has 0 aliphatic heterocycles. The molecule has 0 atom stereocenters. The van der Waals surface area contributed by atoms with E-state index in [1.807, 2.05) is 0 Å². The molecular formula is C6H15Cl2HfP. The van der Waals surface area contributed by atoms with Gasteiger partial charge in [-0.3, -0.25) is 0 Å². The zero-order chi connectivity index (χ0) is 8.41. The van der Waals surface area contributed by atoms with Crippen molar-refractivity contribution in [2.24, 2.45) is 0 Å². The van der Waals surface area contributed by atoms with Crippen LogP contribution in [0.4, 0.5) is 0 Å². The van der Waals surface area contributed by atoms with E-state index in [1.165, 1.54) is 18.5 Å². The Kier molecular flexibility index (Phi) is 19.4. The average Bonchev–Trinajstić information content (AvgIpc) is 1.93. The summed E-state index contributed by atoms with van der Waals surface area (Å²) in [5.74, 6) is 0. The standard InChI is InChI=1S/C6H15P.2ClH.Hf/c1-4-7(5-2)6-3;;;/h4-6H2,1-3H3;2*1H;/q;;;+2/p-2. The Hall–Kier alpha value is 1.88. The molecule has 0 aromatic carbocycles. The molecule has 0 heterocycles. The molecule has 0 aromatic heterocycles. The summed E-state index contributed by atoms with van der Waals surface area (Å²) in [6.45, 7) is 6.87. The summed E-state index contributed by atoms with van der Waals surface area (Å²) < 4.78 is 0. The van der Waals surface area contributed by atoms with Gasteiger partial charge in [0.2, 0.25) is 0 Å². The summed E-state index contributed by atoms with van der Waals surface area (Å²) in [6.07, 6.45) is 4.26. The molecule has 0 aliphatic carbocycles. The van der Waals surface area contributed by atoms with Crippen molar-refractivity contribution in [2.75, 3.05) is 18.5 Å². The molecule has 0 aromatic rings. The van der Waals surface area contributed by atoms with E-state index in [-0.39, 0.29) is 0 Å². The summed E-state index contributed by atoms with van der Waals surface area (Å²) in [4.78, 5) is 0. The molecule has 0 bridgehead atoms. The first-order chi connectivity index (χ1) is 4.76. The third kappa shape index (κ3) is 12.5. The van der Waals surface area contributed by atoms with E-state index in [0.29, 0.717) is 7.92 Å². The van der Waals surface area contributed by atoms with Crippen LogP contribution >= 0.6 is 25.1 Å². The number of hydrogen-bond acceptors (Lipinski definition) is 0. The van der Waals surface area contributed by atoms with Gasteiger partial charge in [0.1, 0.15) is 0 Å². The average molecular weight is 368 g/mol. The summed E-state index contributed by atoms with van der Waals surface area (Å²) in [7, 11) is 10.4. The summed E-state index contributed by atoms with van der Waals surface area (Å²) >= 11 is -0.972. The van der Waals surface area contributed by atoms with Crippen LogP contribution in [0.1, 0.15) is 20.8 Å². The van der Waals surface area contributed by atoms with Crippen LogP contribution in [0.5, 0.6) is 0 Å². The first-order valence-electron chi connectivity index (χ1n) is 3.45. The Morgan fingerprint density at radius 1 is 1.00 bits per heavy atom. The number of rotatable bonds is 3. The Labute approximate surface area is 84.3 Å². The molecule has 0 aliphatic rings. The maximum absolute atomic E-state index is 4.96. The van der Waals surface area contributed by atoms with E-state index in [9.17, 15) is 0 Å². The normalized spacial score (nSPS) is 8.60. The van der Waals surface area contributed by atoms with Crippen LogP contribution in [0.3, 0.4) is 0 Å². The van der Waals surface area contributed by atoms with Crippen molar-refractivity contribution in [1.29, 1.82) is 0 Å². The molecule has 4 heteroatoms. The third-order valence-electron chi connectivity index (χ3n) is 1.34. The van der Waals surface area contributed by atoms with E-state index in [1.54, 1.807) is 0 Å². The Bertz CT molecular complexity index is 45.5. The van der Waals surface area contributed by atoms with E-state index >= 15 is 0 Å². The SMILES string of the molecule is CCP(CC)CC.[Cl][Hf][Cl]. The van der Waals surface area contributed by atoms with Crippen molar-refractivity contribution in [2.45, 2.75) is 20.8 Å². The second-order valence-corrected chi connectivity index (χ2v) is 10.1. The predicted octanol–water partition coefficient (Wildman–Crippen LogP) is 3.90. The van der Waals surface area contributed by atoms with Crippen LogP contribution in [0.2, 0.25) is 0 Å². The third-order valence-corrected chi connectivity index (χ3v) is 4.02. The first-order valence-corrected chi connectivity index (χ1v) is 14.2. The summed E-state index contributed by atoms with van der Waals surface area (Å²) in [5.41, 5.74) is 0. The predicted molar refractivity (Wildman–Crippen MR) is 50.2 cm³/mol. The van der Waals surface area contributed by atoms with Crippen molar-refractivity contribution < 1.29 is 20.5 Å². The molecule has 0 unspecified atom stereocenters. The minimum atomic E-state index is -0.972. The molecule has 0 nitrogen and oxygen atoms in total. The van der Waals surface area contributed by atoms with Gasteiger partial charge in [-0.15, -0.1) is 7.92 Å². The van der Waals surface area contributed by atoms with Gasteiger partial charge in [0, 0.05) is 0 Å². The van der Waals surface area contributed by atoms with Crippen molar-refractivity contribution in [3.8, 4) is 0 Å². The molecule has 62 valence electrons. The fourth-order valence-electron chi connectivity index (χ4n) is 0.671. The Morgan fingerprint density at radius 2 is 1.20 bits per heavy atom. The molecule has 0 saturated heterocycles. The monoisotopic (exact) mass is 368 g/mol. The van der Waals surface area contributed by atoms with Crippen LogP contribution in [0.15, 0.2) is 0 Å². The van der Waals surface area contributed by atoms with E-state index in [0.717, 1.165) is 0 Å². The van der Waals surface area contributed by atoms with Gasteiger partial charge in [0.15, 0.2) is 0 Å². The second-order valence-electron chi connectivity index (χ2n) is 1.69. The molecular weight excluding hydrogens is 352 g/mol. The number of halogens is 2. The molecule has 0 rings (SSSR count). The zero-order valence-electron chi connectivity index (χ0n) is 6.82. The van der Waals surface area contributed by atoms with Gasteiger partial charge < -0.3 is 0 Å². The molecule has 0 N–H and O–H groups in total. The first kappa shape index (κ1) is 14.4. The maximum atomic E-state index is 4.96. The molecule has 10 heavy (non-hydrogen) atoms. The van der Waals surface area contributed by atoms with Crippen LogP contribution in [-0.2, 0) is 20.5 Å². The van der Waals surface area contributed by atoms with Gasteiger partial charge >= 0.3 is 37.7 Å². The van der Waals surface area contributed by atoms with Gasteiger partial charge in [-0.05, 0) is 18.5 Å². The van der Waals surface area contributed by atoms with Crippen LogP contribution < -0.4 is 0 Å². The second kappa shape index (κ2) is 13.5. The molecule has 0 fully saturated rings. The quantitative estimate of drug-likeness (QED) is 0.524. The molecule has 0 spiro atoms. The fourth-order valence-corrected chi connectivity index (χ4v) is 2.01. The fraction of sp³-hybridized carbons (Fsp3) is 1.00. The molecule has 0 radical (unpaired) electrons. The van der Waals surface area contributed by atoms with Crippen molar-refractivity contribution in [3.63, 3.8) is 0 Å². The summed E-state index contributed by atoms with van der Waals surface area (Å²) in [6, 6.07) is 0. The minimum absolute atomic E-state index is 0.446. The van der Waals surface area contributed by atoms with Gasteiger partial charge in [-0.1, -0.05) is 20.8 Å². The van der Waals surface area contributed by atoms with E-state index in [2.05, 4.69) is 20.8 Å². The van der Waals surface area contributed by atoms with Crippen molar-refractivity contribution in [1.82, 2.24) is 0 Å². The van der Waals surface area contributed by atoms with Crippen molar-refractivity contribution >= 4 is 25.1 Å². The van der Waals surface area contributed by atoms with Crippen LogP contribution in [-0.4, -0.2) is 18.5 Å². The molecule has 0 saturated carbocycles. The van der Waals surface area contributed by atoms with Gasteiger partial charge in [-0.2, -0.15) is 0 Å². The van der Waals surface area contributed by atoms with Gasteiger partial charge in [0.25, 0.3) is 0 Å². The Balaban J connectivity index is 0. The van der Waals surface area contributed by atoms with Crippen molar-refractivity contribution in [3.05, 3.63) is 0 Å². The van der Waals surface area contributed by atoms with Gasteiger partial charge in [0.05, 0.1) is 0 Å². The van der Waals surface area contributed by atoms with Gasteiger partial charge in [-0.25, -0.2) is 0 Å². The topological polar surface area (TPSA) is 0 Å². The Morgan fingerprint density at radius 3 is 1.20 bits per heavy atom. The van der Waals surface area contributed by atoms with Crippen LogP contribution in [0, 0.1) is 0 Å². The van der Waals surface area contributed by atoms with E-state index < -0.39 is 20.5 Å². The molecule has 0 amide bonds. The van der Waals surface area contributed by atoms with E-state index in [4.69, 9.17) is 17.2 Å². The van der Waals surface area contributed by atoms with Crippen LogP contribution in [0.25, 0.3) is 0 Å². The summed E-state index contributed by atoms with van der Waals surface area (Å²) in [5, 5.41) is 0. The zero-order valence-corrected chi connectivity index (χ0v) is 12.8. The number of hydrogen-bond donors (Lipinski definition) is 0.